The molecule has 0 amide bonds. The van der Waals surface area contributed by atoms with Gasteiger partial charge in [-0.05, 0) is 5.56 Å². The Morgan fingerprint density at radius 2 is 2.19 bits per heavy atom. The quantitative estimate of drug-likeness (QED) is 0.510. The van der Waals surface area contributed by atoms with Gasteiger partial charge in [-0.3, -0.25) is 15.0 Å². The first-order chi connectivity index (χ1) is 9.75. The molecule has 0 aliphatic carbocycles. The number of nitro benzene ring substituents is 1. The average Bonchev–Trinajstić information content (AvgIpc) is 3.13. The highest BCUT2D eigenvalue weighted by atomic mass is 19.4. The van der Waals surface area contributed by atoms with Crippen LogP contribution in [0.3, 0.4) is 0 Å². The van der Waals surface area contributed by atoms with Gasteiger partial charge in [0.2, 0.25) is 0 Å². The van der Waals surface area contributed by atoms with Crippen molar-refractivity contribution in [3.05, 3.63) is 39.9 Å². The highest BCUT2D eigenvalue weighted by molar-refractivity contribution is 5.40. The predicted molar refractivity (Wildman–Crippen MR) is 63.3 cm³/mol. The van der Waals surface area contributed by atoms with Crippen LogP contribution in [0.4, 0.5) is 18.9 Å². The second-order valence-corrected chi connectivity index (χ2v) is 5.02. The lowest BCUT2D eigenvalue weighted by atomic mass is 10.0. The third-order valence-corrected chi connectivity index (χ3v) is 3.83. The number of ether oxygens (including phenoxy) is 1. The van der Waals surface area contributed by atoms with E-state index in [-0.39, 0.29) is 18.8 Å². The number of non-ortho nitro benzene ring substituents is 1. The molecule has 1 unspecified atom stereocenters. The second kappa shape index (κ2) is 4.39. The molecule has 0 saturated carbocycles. The summed E-state index contributed by atoms with van der Waals surface area (Å²) in [6.45, 7) is -0.0195. The molecule has 2 aliphatic heterocycles. The summed E-state index contributed by atoms with van der Waals surface area (Å²) in [4.78, 5) is 11.5. The topological polar surface area (TPSA) is 75.6 Å². The van der Waals surface area contributed by atoms with Gasteiger partial charge in [0.25, 0.3) is 11.5 Å². The SMILES string of the molecule is O=[N+]([O-])c1cccc([C@@H]2[C@@H]3N2CCO[C@]3(O)C(F)(F)F)c1. The van der Waals surface area contributed by atoms with Crippen LogP contribution in [0.1, 0.15) is 11.6 Å². The minimum Gasteiger partial charge on any atom is -0.357 e. The number of halogens is 3. The van der Waals surface area contributed by atoms with Gasteiger partial charge in [0.05, 0.1) is 23.6 Å². The fourth-order valence-electron chi connectivity index (χ4n) is 2.83. The lowest BCUT2D eigenvalue weighted by Crippen LogP contribution is -2.56. The van der Waals surface area contributed by atoms with Gasteiger partial charge in [-0.15, -0.1) is 0 Å². The molecule has 21 heavy (non-hydrogen) atoms. The van der Waals surface area contributed by atoms with Crippen molar-refractivity contribution in [1.82, 2.24) is 4.90 Å². The van der Waals surface area contributed by atoms with Crippen molar-refractivity contribution in [3.8, 4) is 0 Å². The molecule has 0 spiro atoms. The number of benzene rings is 1. The normalized spacial score (nSPS) is 35.1. The molecule has 2 fully saturated rings. The molecule has 0 bridgehead atoms. The summed E-state index contributed by atoms with van der Waals surface area (Å²) in [5, 5.41) is 20.5. The van der Waals surface area contributed by atoms with Crippen LogP contribution in [-0.4, -0.2) is 46.1 Å². The minimum absolute atomic E-state index is 0.200. The van der Waals surface area contributed by atoms with Crippen LogP contribution >= 0.6 is 0 Å². The Hall–Kier alpha value is -1.71. The van der Waals surface area contributed by atoms with E-state index in [1.807, 2.05) is 0 Å². The standard InChI is InChI=1S/C12H11F3N2O4/c13-12(14,15)11(18)10-9(16(10)4-5-21-11)7-2-1-3-8(6-7)17(19)20/h1-3,6,9-10,18H,4-5H2/t9-,10+,11+,16?/m1/s1. The van der Waals surface area contributed by atoms with Gasteiger partial charge in [-0.25, -0.2) is 0 Å². The van der Waals surface area contributed by atoms with Crippen LogP contribution in [0.25, 0.3) is 0 Å². The first-order valence-corrected chi connectivity index (χ1v) is 6.19. The lowest BCUT2D eigenvalue weighted by Gasteiger charge is -2.33. The summed E-state index contributed by atoms with van der Waals surface area (Å²) in [7, 11) is 0. The van der Waals surface area contributed by atoms with Crippen molar-refractivity contribution in [2.75, 3.05) is 13.2 Å². The molecular formula is C12H11F3N2O4. The molecule has 0 aromatic heterocycles. The number of nitrogens with zero attached hydrogens (tertiary/aromatic N) is 2. The van der Waals surface area contributed by atoms with Gasteiger partial charge in [0.1, 0.15) is 0 Å². The van der Waals surface area contributed by atoms with E-state index in [2.05, 4.69) is 4.74 Å². The number of alkyl halides is 3. The molecule has 4 atom stereocenters. The number of hydrogen-bond donors (Lipinski definition) is 1. The Balaban J connectivity index is 1.92. The van der Waals surface area contributed by atoms with Gasteiger partial charge in [-0.2, -0.15) is 13.2 Å². The molecule has 0 radical (unpaired) electrons. The van der Waals surface area contributed by atoms with Crippen molar-refractivity contribution in [2.45, 2.75) is 24.0 Å². The summed E-state index contributed by atoms with van der Waals surface area (Å²) < 4.78 is 43.5. The van der Waals surface area contributed by atoms with E-state index < -0.39 is 29.0 Å². The molecule has 1 aromatic carbocycles. The van der Waals surface area contributed by atoms with Crippen molar-refractivity contribution in [3.63, 3.8) is 0 Å². The molecule has 6 nitrogen and oxygen atoms in total. The fraction of sp³-hybridized carbons (Fsp3) is 0.500. The number of nitro groups is 1. The number of rotatable bonds is 2. The van der Waals surface area contributed by atoms with E-state index in [1.54, 1.807) is 0 Å². The molecule has 1 N–H and O–H groups in total. The van der Waals surface area contributed by atoms with Gasteiger partial charge in [0, 0.05) is 18.7 Å². The summed E-state index contributed by atoms with van der Waals surface area (Å²) in [5.74, 6) is -3.24. The average molecular weight is 304 g/mol. The Bertz CT molecular complexity index is 594. The Morgan fingerprint density at radius 1 is 1.48 bits per heavy atom. The molecule has 1 aromatic rings. The monoisotopic (exact) mass is 304 g/mol. The Kier molecular flexibility index (Phi) is 2.98. The smallest absolute Gasteiger partial charge is 0.357 e. The van der Waals surface area contributed by atoms with E-state index in [0.717, 1.165) is 0 Å². The maximum atomic E-state index is 13.0. The van der Waals surface area contributed by atoms with E-state index in [1.165, 1.54) is 29.2 Å². The summed E-state index contributed by atoms with van der Waals surface area (Å²) in [6.07, 6.45) is -4.92. The zero-order chi connectivity index (χ0) is 15.4. The van der Waals surface area contributed by atoms with E-state index in [9.17, 15) is 28.4 Å². The molecule has 114 valence electrons. The van der Waals surface area contributed by atoms with Gasteiger partial charge in [0.15, 0.2) is 0 Å². The Labute approximate surface area is 116 Å². The van der Waals surface area contributed by atoms with Crippen molar-refractivity contribution in [2.24, 2.45) is 0 Å². The second-order valence-electron chi connectivity index (χ2n) is 5.02. The van der Waals surface area contributed by atoms with Crippen LogP contribution in [0.2, 0.25) is 0 Å². The van der Waals surface area contributed by atoms with Gasteiger partial charge >= 0.3 is 6.18 Å². The first kappa shape index (κ1) is 14.2. The van der Waals surface area contributed by atoms with Crippen molar-refractivity contribution in [1.29, 1.82) is 0 Å². The molecule has 2 saturated heterocycles. The van der Waals surface area contributed by atoms with Crippen LogP contribution in [-0.2, 0) is 4.74 Å². The molecule has 2 aliphatic rings. The maximum Gasteiger partial charge on any atom is 0.444 e. The zero-order valence-electron chi connectivity index (χ0n) is 10.6. The first-order valence-electron chi connectivity index (χ1n) is 6.19. The number of morpholine rings is 1. The Morgan fingerprint density at radius 3 is 2.81 bits per heavy atom. The van der Waals surface area contributed by atoms with E-state index in [4.69, 9.17) is 0 Å². The molecule has 2 heterocycles. The van der Waals surface area contributed by atoms with Crippen molar-refractivity contribution < 1.29 is 27.9 Å². The van der Waals surface area contributed by atoms with E-state index in [0.29, 0.717) is 5.56 Å². The summed E-state index contributed by atoms with van der Waals surface area (Å²) >= 11 is 0. The highest BCUT2D eigenvalue weighted by Crippen LogP contribution is 2.55. The maximum absolute atomic E-state index is 13.0. The molecular weight excluding hydrogens is 293 g/mol. The van der Waals surface area contributed by atoms with Gasteiger partial charge in [-0.1, -0.05) is 12.1 Å². The van der Waals surface area contributed by atoms with Crippen molar-refractivity contribution >= 4 is 5.69 Å². The van der Waals surface area contributed by atoms with Gasteiger partial charge < -0.3 is 9.84 Å². The van der Waals surface area contributed by atoms with E-state index >= 15 is 0 Å². The predicted octanol–water partition coefficient (Wildman–Crippen LogP) is 1.60. The number of hydrogen-bond acceptors (Lipinski definition) is 5. The summed E-state index contributed by atoms with van der Waals surface area (Å²) in [5.41, 5.74) is 0.163. The third-order valence-electron chi connectivity index (χ3n) is 3.83. The molecule has 3 rings (SSSR count). The van der Waals surface area contributed by atoms with Crippen LogP contribution in [0.5, 0.6) is 0 Å². The minimum atomic E-state index is -4.92. The van der Waals surface area contributed by atoms with Crippen LogP contribution in [0.15, 0.2) is 24.3 Å². The molecule has 9 heteroatoms. The zero-order valence-corrected chi connectivity index (χ0v) is 10.6. The lowest BCUT2D eigenvalue weighted by molar-refractivity contribution is -0.384. The number of aliphatic hydroxyl groups is 1. The van der Waals surface area contributed by atoms with Crippen LogP contribution in [0, 0.1) is 10.1 Å². The largest absolute Gasteiger partial charge is 0.444 e. The summed E-state index contributed by atoms with van der Waals surface area (Å²) in [6, 6.07) is 3.39. The highest BCUT2D eigenvalue weighted by Gasteiger charge is 2.73. The number of fused-ring (bicyclic) bond motifs is 1. The van der Waals surface area contributed by atoms with Crippen LogP contribution < -0.4 is 0 Å². The third kappa shape index (κ3) is 2.08. The fourth-order valence-corrected chi connectivity index (χ4v) is 2.83.